The fourth-order valence-electron chi connectivity index (χ4n) is 4.45. The second-order valence-electron chi connectivity index (χ2n) is 7.68. The molecule has 0 amide bonds. The number of anilines is 1. The van der Waals surface area contributed by atoms with Gasteiger partial charge in [0.15, 0.2) is 0 Å². The second kappa shape index (κ2) is 7.74. The number of nitrogens with one attached hydrogen (secondary N) is 1. The van der Waals surface area contributed by atoms with Crippen molar-refractivity contribution in [2.24, 2.45) is 5.92 Å². The molecule has 3 unspecified atom stereocenters. The molecule has 2 aromatic rings. The first-order valence-corrected chi connectivity index (χ1v) is 9.60. The lowest BCUT2D eigenvalue weighted by molar-refractivity contribution is 0.0676. The number of aromatic nitrogens is 1. The molecular weight excluding hydrogens is 342 g/mol. The molecule has 27 heavy (non-hydrogen) atoms. The largest absolute Gasteiger partial charge is 0.497 e. The van der Waals surface area contributed by atoms with Crippen LogP contribution >= 0.6 is 0 Å². The number of rotatable bonds is 6. The quantitative estimate of drug-likeness (QED) is 0.812. The Morgan fingerprint density at radius 3 is 2.78 bits per heavy atom. The molecule has 6 heteroatoms. The van der Waals surface area contributed by atoms with Crippen LogP contribution in [0.1, 0.15) is 18.0 Å². The topological polar surface area (TPSA) is 66.7 Å². The van der Waals surface area contributed by atoms with Gasteiger partial charge in [-0.2, -0.15) is 0 Å². The van der Waals surface area contributed by atoms with Crippen molar-refractivity contribution >= 4 is 5.69 Å². The van der Waals surface area contributed by atoms with Crippen LogP contribution in [0.25, 0.3) is 0 Å². The molecule has 0 radical (unpaired) electrons. The van der Waals surface area contributed by atoms with Crippen molar-refractivity contribution in [3.8, 4) is 5.75 Å². The van der Waals surface area contributed by atoms with Crippen LogP contribution in [0.15, 0.2) is 47.3 Å². The summed E-state index contributed by atoms with van der Waals surface area (Å²) >= 11 is 0. The number of ether oxygens (including phenoxy) is 1. The zero-order valence-corrected chi connectivity index (χ0v) is 15.7. The smallest absolute Gasteiger partial charge is 0.250 e. The molecule has 3 heterocycles. The van der Waals surface area contributed by atoms with Crippen LogP contribution in [-0.2, 0) is 6.54 Å². The maximum Gasteiger partial charge on any atom is 0.250 e. The first-order chi connectivity index (χ1) is 13.1. The van der Waals surface area contributed by atoms with E-state index in [9.17, 15) is 9.90 Å². The van der Waals surface area contributed by atoms with E-state index in [1.165, 1.54) is 0 Å². The Morgan fingerprint density at radius 2 is 2.00 bits per heavy atom. The number of hydrogen-bond acceptors (Lipinski definition) is 5. The Balaban J connectivity index is 1.33. The van der Waals surface area contributed by atoms with Crippen molar-refractivity contribution in [3.05, 3.63) is 58.5 Å². The second-order valence-corrected chi connectivity index (χ2v) is 7.68. The van der Waals surface area contributed by atoms with Gasteiger partial charge in [-0.15, -0.1) is 0 Å². The lowest BCUT2D eigenvalue weighted by Gasteiger charge is -2.43. The SMILES string of the molecule is COc1ccc(NCC(O)CN2CC3CC(C2)c2cccc(=O)n2C3)cc1. The molecule has 3 atom stereocenters. The predicted molar refractivity (Wildman–Crippen MR) is 105 cm³/mol. The highest BCUT2D eigenvalue weighted by molar-refractivity contribution is 5.46. The normalized spacial score (nSPS) is 22.7. The van der Waals surface area contributed by atoms with Crippen LogP contribution in [0.4, 0.5) is 5.69 Å². The van der Waals surface area contributed by atoms with E-state index < -0.39 is 6.10 Å². The summed E-state index contributed by atoms with van der Waals surface area (Å²) in [5.41, 5.74) is 2.23. The van der Waals surface area contributed by atoms with Crippen molar-refractivity contribution in [2.45, 2.75) is 25.0 Å². The van der Waals surface area contributed by atoms with Gasteiger partial charge in [-0.05, 0) is 42.7 Å². The van der Waals surface area contributed by atoms with E-state index in [0.29, 0.717) is 24.9 Å². The van der Waals surface area contributed by atoms with Crippen LogP contribution in [0.3, 0.4) is 0 Å². The van der Waals surface area contributed by atoms with Gasteiger partial charge in [-0.3, -0.25) is 9.69 Å². The zero-order valence-electron chi connectivity index (χ0n) is 15.7. The standard InChI is InChI=1S/C21H27N3O3/c1-27-19-7-5-17(6-8-19)22-10-18(25)14-23-11-15-9-16(13-23)20-3-2-4-21(26)24(20)12-15/h2-8,15-16,18,22,25H,9-14H2,1H3. The molecule has 0 aliphatic carbocycles. The van der Waals surface area contributed by atoms with Gasteiger partial charge >= 0.3 is 0 Å². The molecule has 4 rings (SSSR count). The van der Waals surface area contributed by atoms with E-state index in [1.807, 2.05) is 34.9 Å². The van der Waals surface area contributed by atoms with Gasteiger partial charge < -0.3 is 19.7 Å². The number of methoxy groups -OCH3 is 1. The Morgan fingerprint density at radius 1 is 1.19 bits per heavy atom. The zero-order chi connectivity index (χ0) is 18.8. The fourth-order valence-corrected chi connectivity index (χ4v) is 4.45. The molecule has 6 nitrogen and oxygen atoms in total. The van der Waals surface area contributed by atoms with Crippen molar-refractivity contribution in [3.63, 3.8) is 0 Å². The minimum Gasteiger partial charge on any atom is -0.497 e. The highest BCUT2D eigenvalue weighted by atomic mass is 16.5. The third-order valence-corrected chi connectivity index (χ3v) is 5.66. The molecule has 2 aliphatic heterocycles. The van der Waals surface area contributed by atoms with Crippen molar-refractivity contribution in [1.82, 2.24) is 9.47 Å². The van der Waals surface area contributed by atoms with E-state index in [4.69, 9.17) is 4.74 Å². The van der Waals surface area contributed by atoms with Crippen LogP contribution < -0.4 is 15.6 Å². The molecule has 1 fully saturated rings. The number of benzene rings is 1. The predicted octanol–water partition coefficient (Wildman–Crippen LogP) is 1.75. The Bertz CT molecular complexity index is 833. The van der Waals surface area contributed by atoms with Crippen LogP contribution in [-0.4, -0.2) is 54.0 Å². The number of nitrogens with zero attached hydrogens (tertiary/aromatic N) is 2. The van der Waals surface area contributed by atoms with Crippen molar-refractivity contribution < 1.29 is 9.84 Å². The maximum absolute atomic E-state index is 12.1. The van der Waals surface area contributed by atoms with Gasteiger partial charge in [0.25, 0.3) is 5.56 Å². The highest BCUT2D eigenvalue weighted by Crippen LogP contribution is 2.34. The van der Waals surface area contributed by atoms with E-state index in [0.717, 1.165) is 43.2 Å². The Labute approximate surface area is 159 Å². The summed E-state index contributed by atoms with van der Waals surface area (Å²) in [6.07, 6.45) is 0.698. The molecule has 0 saturated carbocycles. The molecule has 1 saturated heterocycles. The molecule has 0 spiro atoms. The third kappa shape index (κ3) is 4.01. The first-order valence-electron chi connectivity index (χ1n) is 9.60. The number of fused-ring (bicyclic) bond motifs is 4. The van der Waals surface area contributed by atoms with E-state index in [1.54, 1.807) is 13.2 Å². The number of likely N-dealkylation sites (tertiary alicyclic amines) is 1. The van der Waals surface area contributed by atoms with Crippen molar-refractivity contribution in [1.29, 1.82) is 0 Å². The molecular formula is C21H27N3O3. The molecule has 2 bridgehead atoms. The van der Waals surface area contributed by atoms with Crippen molar-refractivity contribution in [2.75, 3.05) is 38.6 Å². The molecule has 2 aliphatic rings. The highest BCUT2D eigenvalue weighted by Gasteiger charge is 2.34. The number of β-amino-alcohol motifs (C(OH)–C–C–N with tert-alkyl or cyclic N) is 1. The van der Waals surface area contributed by atoms with Crippen LogP contribution in [0.2, 0.25) is 0 Å². The summed E-state index contributed by atoms with van der Waals surface area (Å²) in [4.78, 5) is 14.5. The number of aliphatic hydroxyl groups is 1. The number of hydrogen-bond donors (Lipinski definition) is 2. The van der Waals surface area contributed by atoms with Gasteiger partial charge in [-0.25, -0.2) is 0 Å². The number of piperidine rings is 1. The average Bonchev–Trinajstić information content (AvgIpc) is 2.67. The van der Waals surface area contributed by atoms with Gasteiger partial charge in [0.1, 0.15) is 5.75 Å². The summed E-state index contributed by atoms with van der Waals surface area (Å²) in [6.45, 7) is 3.79. The summed E-state index contributed by atoms with van der Waals surface area (Å²) in [7, 11) is 1.65. The number of pyridine rings is 1. The van der Waals surface area contributed by atoms with E-state index in [-0.39, 0.29) is 5.56 Å². The molecule has 2 N–H and O–H groups in total. The van der Waals surface area contributed by atoms with Gasteiger partial charge in [0.05, 0.1) is 13.2 Å². The van der Waals surface area contributed by atoms with E-state index >= 15 is 0 Å². The summed E-state index contributed by atoms with van der Waals surface area (Å²) < 4.78 is 7.10. The summed E-state index contributed by atoms with van der Waals surface area (Å²) in [6, 6.07) is 13.3. The summed E-state index contributed by atoms with van der Waals surface area (Å²) in [5.74, 6) is 1.69. The number of aliphatic hydroxyl groups excluding tert-OH is 1. The monoisotopic (exact) mass is 369 g/mol. The average molecular weight is 369 g/mol. The third-order valence-electron chi connectivity index (χ3n) is 5.66. The lowest BCUT2D eigenvalue weighted by atomic mass is 9.83. The van der Waals surface area contributed by atoms with Crippen LogP contribution in [0.5, 0.6) is 5.75 Å². The Hall–Kier alpha value is -2.31. The first kappa shape index (κ1) is 18.1. The molecule has 1 aromatic heterocycles. The minimum absolute atomic E-state index is 0.111. The lowest BCUT2D eigenvalue weighted by Crippen LogP contribution is -2.49. The molecule has 1 aromatic carbocycles. The summed E-state index contributed by atoms with van der Waals surface area (Å²) in [5, 5.41) is 13.8. The van der Waals surface area contributed by atoms with Gasteiger partial charge in [0, 0.05) is 56.1 Å². The minimum atomic E-state index is -0.441. The maximum atomic E-state index is 12.1. The fraction of sp³-hybridized carbons (Fsp3) is 0.476. The van der Waals surface area contributed by atoms with Gasteiger partial charge in [0.2, 0.25) is 0 Å². The molecule has 144 valence electrons. The van der Waals surface area contributed by atoms with E-state index in [2.05, 4.69) is 16.3 Å². The van der Waals surface area contributed by atoms with Crippen LogP contribution in [0, 0.1) is 5.92 Å². The van der Waals surface area contributed by atoms with Gasteiger partial charge in [-0.1, -0.05) is 6.07 Å². The Kier molecular flexibility index (Phi) is 5.18.